The molecule has 1 aliphatic rings. The Morgan fingerprint density at radius 1 is 1.40 bits per heavy atom. The second-order valence-corrected chi connectivity index (χ2v) is 4.06. The fraction of sp³-hybridized carbons (Fsp3) is 0.500. The molecule has 15 heavy (non-hydrogen) atoms. The SMILES string of the molecule is Nc1ccc2c(c1)CCCN2CCCO. The smallest absolute Gasteiger partial charge is 0.0447 e. The van der Waals surface area contributed by atoms with Gasteiger partial charge in [-0.15, -0.1) is 0 Å². The van der Waals surface area contributed by atoms with Gasteiger partial charge < -0.3 is 15.7 Å². The van der Waals surface area contributed by atoms with E-state index >= 15 is 0 Å². The quantitative estimate of drug-likeness (QED) is 0.735. The largest absolute Gasteiger partial charge is 0.399 e. The first-order valence-electron chi connectivity index (χ1n) is 5.55. The molecule has 0 saturated heterocycles. The molecule has 0 aromatic heterocycles. The summed E-state index contributed by atoms with van der Waals surface area (Å²) in [6.45, 7) is 2.30. The van der Waals surface area contributed by atoms with Crippen LogP contribution in [0.25, 0.3) is 0 Å². The maximum absolute atomic E-state index is 8.84. The normalized spacial score (nSPS) is 15.1. The predicted molar refractivity (Wildman–Crippen MR) is 63.1 cm³/mol. The lowest BCUT2D eigenvalue weighted by Crippen LogP contribution is -2.30. The fourth-order valence-electron chi connectivity index (χ4n) is 2.19. The van der Waals surface area contributed by atoms with Crippen LogP contribution in [0.3, 0.4) is 0 Å². The Bertz CT molecular complexity index is 338. The molecule has 0 unspecified atom stereocenters. The van der Waals surface area contributed by atoms with Crippen molar-refractivity contribution in [1.29, 1.82) is 0 Å². The molecule has 0 fully saturated rings. The number of anilines is 2. The van der Waals surface area contributed by atoms with E-state index < -0.39 is 0 Å². The minimum Gasteiger partial charge on any atom is -0.399 e. The summed E-state index contributed by atoms with van der Waals surface area (Å²) in [5.41, 5.74) is 9.26. The Balaban J connectivity index is 2.18. The predicted octanol–water partition coefficient (Wildman–Crippen LogP) is 1.40. The van der Waals surface area contributed by atoms with Gasteiger partial charge in [-0.1, -0.05) is 0 Å². The first kappa shape index (κ1) is 10.3. The Hall–Kier alpha value is -1.22. The molecule has 0 atom stereocenters. The number of nitrogen functional groups attached to an aromatic ring is 1. The Labute approximate surface area is 90.5 Å². The second-order valence-electron chi connectivity index (χ2n) is 4.06. The molecule has 0 amide bonds. The topological polar surface area (TPSA) is 49.5 Å². The van der Waals surface area contributed by atoms with E-state index in [1.54, 1.807) is 0 Å². The van der Waals surface area contributed by atoms with Crippen molar-refractivity contribution in [2.24, 2.45) is 0 Å². The molecule has 1 aliphatic heterocycles. The van der Waals surface area contributed by atoms with Gasteiger partial charge in [-0.2, -0.15) is 0 Å². The third-order valence-corrected chi connectivity index (χ3v) is 2.90. The maximum atomic E-state index is 8.84. The van der Waals surface area contributed by atoms with E-state index in [4.69, 9.17) is 10.8 Å². The molecule has 3 N–H and O–H groups in total. The highest BCUT2D eigenvalue weighted by Gasteiger charge is 2.15. The van der Waals surface area contributed by atoms with Gasteiger partial charge in [-0.3, -0.25) is 0 Å². The van der Waals surface area contributed by atoms with Crippen LogP contribution < -0.4 is 10.6 Å². The van der Waals surface area contributed by atoms with Crippen LogP contribution in [0.5, 0.6) is 0 Å². The van der Waals surface area contributed by atoms with Gasteiger partial charge in [0.05, 0.1) is 0 Å². The van der Waals surface area contributed by atoms with Gasteiger partial charge in [-0.25, -0.2) is 0 Å². The number of benzene rings is 1. The second kappa shape index (κ2) is 4.53. The van der Waals surface area contributed by atoms with Crippen LogP contribution in [0.2, 0.25) is 0 Å². The lowest BCUT2D eigenvalue weighted by atomic mass is 10.0. The zero-order chi connectivity index (χ0) is 10.7. The van der Waals surface area contributed by atoms with Gasteiger partial charge in [0.15, 0.2) is 0 Å². The zero-order valence-electron chi connectivity index (χ0n) is 8.95. The number of aliphatic hydroxyl groups is 1. The van der Waals surface area contributed by atoms with Crippen LogP contribution in [0.15, 0.2) is 18.2 Å². The average Bonchev–Trinajstić information content (AvgIpc) is 2.25. The number of hydrogen-bond acceptors (Lipinski definition) is 3. The highest BCUT2D eigenvalue weighted by atomic mass is 16.3. The number of nitrogens with two attached hydrogens (primary N) is 1. The third kappa shape index (κ3) is 2.23. The van der Waals surface area contributed by atoms with E-state index in [-0.39, 0.29) is 6.61 Å². The van der Waals surface area contributed by atoms with Crippen molar-refractivity contribution in [2.75, 3.05) is 30.3 Å². The molecule has 0 radical (unpaired) electrons. The molecule has 1 aromatic carbocycles. The number of aliphatic hydroxyl groups excluding tert-OH is 1. The fourth-order valence-corrected chi connectivity index (χ4v) is 2.19. The summed E-state index contributed by atoms with van der Waals surface area (Å²) < 4.78 is 0. The lowest BCUT2D eigenvalue weighted by Gasteiger charge is -2.31. The standard InChI is InChI=1S/C12H18N2O/c13-11-4-5-12-10(9-11)3-1-6-14(12)7-2-8-15/h4-5,9,15H,1-3,6-8,13H2. The van der Waals surface area contributed by atoms with Gasteiger partial charge >= 0.3 is 0 Å². The highest BCUT2D eigenvalue weighted by molar-refractivity contribution is 5.61. The van der Waals surface area contributed by atoms with Crippen LogP contribution in [0, 0.1) is 0 Å². The summed E-state index contributed by atoms with van der Waals surface area (Å²) in [5, 5.41) is 8.84. The van der Waals surface area contributed by atoms with Crippen molar-refractivity contribution in [2.45, 2.75) is 19.3 Å². The number of rotatable bonds is 3. The minimum atomic E-state index is 0.265. The monoisotopic (exact) mass is 206 g/mol. The molecule has 0 saturated carbocycles. The summed E-state index contributed by atoms with van der Waals surface area (Å²) in [4.78, 5) is 2.34. The van der Waals surface area contributed by atoms with Crippen LogP contribution in [0.4, 0.5) is 11.4 Å². The molecular weight excluding hydrogens is 188 g/mol. The number of nitrogens with zero attached hydrogens (tertiary/aromatic N) is 1. The minimum absolute atomic E-state index is 0.265. The molecule has 1 aromatic rings. The maximum Gasteiger partial charge on any atom is 0.0447 e. The molecule has 82 valence electrons. The average molecular weight is 206 g/mol. The number of aryl methyl sites for hydroxylation is 1. The van der Waals surface area contributed by atoms with Crippen molar-refractivity contribution in [3.63, 3.8) is 0 Å². The summed E-state index contributed by atoms with van der Waals surface area (Å²) in [6, 6.07) is 6.12. The molecule has 2 rings (SSSR count). The molecule has 0 bridgehead atoms. The third-order valence-electron chi connectivity index (χ3n) is 2.90. The van der Waals surface area contributed by atoms with Gasteiger partial charge in [0.25, 0.3) is 0 Å². The Kier molecular flexibility index (Phi) is 3.11. The molecule has 1 heterocycles. The molecule has 0 spiro atoms. The van der Waals surface area contributed by atoms with Crippen molar-refractivity contribution in [1.82, 2.24) is 0 Å². The summed E-state index contributed by atoms with van der Waals surface area (Å²) in [6.07, 6.45) is 3.14. The number of hydrogen-bond donors (Lipinski definition) is 2. The van der Waals surface area contributed by atoms with Crippen molar-refractivity contribution >= 4 is 11.4 Å². The lowest BCUT2D eigenvalue weighted by molar-refractivity contribution is 0.289. The van der Waals surface area contributed by atoms with E-state index in [9.17, 15) is 0 Å². The van der Waals surface area contributed by atoms with Crippen molar-refractivity contribution in [3.8, 4) is 0 Å². The van der Waals surface area contributed by atoms with Gasteiger partial charge in [0.1, 0.15) is 0 Å². The van der Waals surface area contributed by atoms with E-state index in [0.29, 0.717) is 0 Å². The summed E-state index contributed by atoms with van der Waals surface area (Å²) in [7, 11) is 0. The van der Waals surface area contributed by atoms with E-state index in [1.165, 1.54) is 17.7 Å². The molecule has 0 aliphatic carbocycles. The zero-order valence-corrected chi connectivity index (χ0v) is 8.95. The van der Waals surface area contributed by atoms with Crippen LogP contribution in [-0.2, 0) is 6.42 Å². The van der Waals surface area contributed by atoms with E-state index in [2.05, 4.69) is 17.0 Å². The van der Waals surface area contributed by atoms with Crippen LogP contribution in [-0.4, -0.2) is 24.8 Å². The van der Waals surface area contributed by atoms with Crippen LogP contribution in [0.1, 0.15) is 18.4 Å². The van der Waals surface area contributed by atoms with E-state index in [1.807, 2.05) is 6.07 Å². The van der Waals surface area contributed by atoms with Gasteiger partial charge in [0, 0.05) is 31.1 Å². The molecule has 3 heteroatoms. The Morgan fingerprint density at radius 2 is 2.27 bits per heavy atom. The van der Waals surface area contributed by atoms with Gasteiger partial charge in [-0.05, 0) is 43.0 Å². The van der Waals surface area contributed by atoms with Gasteiger partial charge in [0.2, 0.25) is 0 Å². The Morgan fingerprint density at radius 3 is 3.07 bits per heavy atom. The molecular formula is C12H18N2O. The highest BCUT2D eigenvalue weighted by Crippen LogP contribution is 2.28. The molecule has 3 nitrogen and oxygen atoms in total. The first-order chi connectivity index (χ1) is 7.31. The number of fused-ring (bicyclic) bond motifs is 1. The van der Waals surface area contributed by atoms with Crippen molar-refractivity contribution in [3.05, 3.63) is 23.8 Å². The van der Waals surface area contributed by atoms with E-state index in [0.717, 1.165) is 31.6 Å². The summed E-state index contributed by atoms with van der Waals surface area (Å²) >= 11 is 0. The van der Waals surface area contributed by atoms with Crippen LogP contribution >= 0.6 is 0 Å². The first-order valence-corrected chi connectivity index (χ1v) is 5.55. The summed E-state index contributed by atoms with van der Waals surface area (Å²) in [5.74, 6) is 0. The van der Waals surface area contributed by atoms with Crippen molar-refractivity contribution < 1.29 is 5.11 Å².